The number of carbonyl (C=O) groups excluding carboxylic acids is 2. The highest BCUT2D eigenvalue weighted by atomic mass is 19.4. The van der Waals surface area contributed by atoms with Gasteiger partial charge in [0.15, 0.2) is 11.6 Å². The van der Waals surface area contributed by atoms with Crippen LogP contribution in [0, 0.1) is 29.5 Å². The number of carbonyl (C=O) groups is 2. The molecule has 3 aliphatic rings. The lowest BCUT2D eigenvalue weighted by molar-refractivity contribution is -0.137. The van der Waals surface area contributed by atoms with Gasteiger partial charge in [-0.05, 0) is 68.8 Å². The number of halogens is 4. The van der Waals surface area contributed by atoms with Gasteiger partial charge in [0.2, 0.25) is 5.91 Å². The van der Waals surface area contributed by atoms with Crippen LogP contribution in [0.1, 0.15) is 68.6 Å². The molecule has 0 saturated heterocycles. The third-order valence-electron chi connectivity index (χ3n) is 7.98. The highest BCUT2D eigenvalue weighted by Crippen LogP contribution is 2.49. The van der Waals surface area contributed by atoms with E-state index < -0.39 is 48.7 Å². The molecule has 36 heavy (non-hydrogen) atoms. The highest BCUT2D eigenvalue weighted by Gasteiger charge is 2.51. The number of hydrogen-bond donors (Lipinski definition) is 2. The topological polar surface area (TPSA) is 76.7 Å². The van der Waals surface area contributed by atoms with Crippen LogP contribution in [0.4, 0.5) is 17.6 Å². The molecule has 10 heteroatoms. The van der Waals surface area contributed by atoms with E-state index >= 15 is 0 Å². The van der Waals surface area contributed by atoms with E-state index in [1.807, 2.05) is 0 Å². The van der Waals surface area contributed by atoms with E-state index in [0.717, 1.165) is 51.0 Å². The fourth-order valence-electron chi connectivity index (χ4n) is 6.05. The highest BCUT2D eigenvalue weighted by molar-refractivity contribution is 5.98. The molecule has 1 aromatic rings. The maximum Gasteiger partial charge on any atom is 0.390 e. The first-order valence-corrected chi connectivity index (χ1v) is 12.7. The van der Waals surface area contributed by atoms with Gasteiger partial charge in [-0.3, -0.25) is 9.59 Å². The van der Waals surface area contributed by atoms with Gasteiger partial charge in [0, 0.05) is 18.7 Å². The standard InChI is InChI=1S/C26H34F4N2O4/c1-14-3-7-17(8-4-14)36-21-12-18(20(35-2)13-19(21)27)24(33)32-23-16-6-5-15(11-16)22(23)25(34)31-10-9-26(28,29)30/h12-17,22-23H,3-11H2,1-2H3,(H,31,34)(H,32,33)/t14?,15-,16+,17?,22+,23-/m1/s1. The molecule has 0 aliphatic heterocycles. The van der Waals surface area contributed by atoms with Crippen LogP contribution in [0.25, 0.3) is 0 Å². The largest absolute Gasteiger partial charge is 0.496 e. The molecular formula is C26H34F4N2O4. The smallest absolute Gasteiger partial charge is 0.390 e. The Bertz CT molecular complexity index is 962. The van der Waals surface area contributed by atoms with Crippen LogP contribution in [0.3, 0.4) is 0 Å². The normalized spacial score (nSPS) is 29.6. The Hall–Kier alpha value is -2.52. The number of hydrogen-bond acceptors (Lipinski definition) is 4. The number of ether oxygens (including phenoxy) is 2. The van der Waals surface area contributed by atoms with Crippen molar-refractivity contribution in [2.75, 3.05) is 13.7 Å². The summed E-state index contributed by atoms with van der Waals surface area (Å²) >= 11 is 0. The first-order chi connectivity index (χ1) is 17.1. The molecule has 0 spiro atoms. The zero-order valence-electron chi connectivity index (χ0n) is 20.6. The van der Waals surface area contributed by atoms with Crippen LogP contribution < -0.4 is 20.1 Å². The Morgan fingerprint density at radius 1 is 1.03 bits per heavy atom. The second kappa shape index (κ2) is 10.8. The molecule has 2 bridgehead atoms. The van der Waals surface area contributed by atoms with Crippen molar-refractivity contribution < 1.29 is 36.6 Å². The first-order valence-electron chi connectivity index (χ1n) is 12.7. The van der Waals surface area contributed by atoms with Crippen molar-refractivity contribution in [2.24, 2.45) is 23.7 Å². The van der Waals surface area contributed by atoms with Crippen molar-refractivity contribution in [2.45, 2.75) is 76.6 Å². The van der Waals surface area contributed by atoms with Gasteiger partial charge in [0.25, 0.3) is 5.91 Å². The Kier molecular flexibility index (Phi) is 7.99. The molecule has 1 aromatic carbocycles. The molecule has 0 heterocycles. The maximum atomic E-state index is 14.7. The zero-order valence-corrected chi connectivity index (χ0v) is 20.6. The molecule has 6 nitrogen and oxygen atoms in total. The molecule has 3 aliphatic carbocycles. The van der Waals surface area contributed by atoms with E-state index in [1.54, 1.807) is 0 Å². The van der Waals surface area contributed by atoms with Crippen molar-refractivity contribution in [3.63, 3.8) is 0 Å². The van der Waals surface area contributed by atoms with Crippen LogP contribution >= 0.6 is 0 Å². The van der Waals surface area contributed by atoms with Gasteiger partial charge >= 0.3 is 6.18 Å². The van der Waals surface area contributed by atoms with E-state index in [0.29, 0.717) is 5.92 Å². The Labute approximate surface area is 208 Å². The van der Waals surface area contributed by atoms with E-state index in [4.69, 9.17) is 9.47 Å². The summed E-state index contributed by atoms with van der Waals surface area (Å²) in [6.45, 7) is 1.68. The minimum absolute atomic E-state index is 0.00823. The predicted molar refractivity (Wildman–Crippen MR) is 124 cm³/mol. The van der Waals surface area contributed by atoms with Crippen molar-refractivity contribution in [1.82, 2.24) is 10.6 Å². The fraction of sp³-hybridized carbons (Fsp3) is 0.692. The minimum Gasteiger partial charge on any atom is -0.496 e. The number of fused-ring (bicyclic) bond motifs is 2. The van der Waals surface area contributed by atoms with Crippen LogP contribution in [-0.4, -0.2) is 43.8 Å². The van der Waals surface area contributed by atoms with Gasteiger partial charge in [0.1, 0.15) is 5.75 Å². The molecule has 3 fully saturated rings. The van der Waals surface area contributed by atoms with Gasteiger partial charge < -0.3 is 20.1 Å². The van der Waals surface area contributed by atoms with Crippen molar-refractivity contribution >= 4 is 11.8 Å². The average molecular weight is 515 g/mol. The minimum atomic E-state index is -4.36. The number of nitrogens with one attached hydrogen (secondary N) is 2. The SMILES string of the molecule is COc1cc(F)c(OC2CCC(C)CC2)cc1C(=O)N[C@@H]1[C@H]2CC[C@H](C2)[C@@H]1C(=O)NCCC(F)(F)F. The molecule has 0 aromatic heterocycles. The van der Waals surface area contributed by atoms with Crippen LogP contribution in [0.2, 0.25) is 0 Å². The van der Waals surface area contributed by atoms with Gasteiger partial charge in [-0.15, -0.1) is 0 Å². The second-order valence-corrected chi connectivity index (χ2v) is 10.5. The predicted octanol–water partition coefficient (Wildman–Crippen LogP) is 5.00. The van der Waals surface area contributed by atoms with E-state index in [9.17, 15) is 27.2 Å². The third-order valence-corrected chi connectivity index (χ3v) is 7.98. The Morgan fingerprint density at radius 2 is 1.72 bits per heavy atom. The Morgan fingerprint density at radius 3 is 2.39 bits per heavy atom. The van der Waals surface area contributed by atoms with Crippen molar-refractivity contribution in [1.29, 1.82) is 0 Å². The molecule has 0 radical (unpaired) electrons. The lowest BCUT2D eigenvalue weighted by Crippen LogP contribution is -2.50. The molecule has 200 valence electrons. The molecule has 3 saturated carbocycles. The summed E-state index contributed by atoms with van der Waals surface area (Å²) in [6.07, 6.45) is 0.375. The summed E-state index contributed by atoms with van der Waals surface area (Å²) in [5.74, 6) is -1.53. The van der Waals surface area contributed by atoms with Crippen LogP contribution in [0.5, 0.6) is 11.5 Å². The van der Waals surface area contributed by atoms with E-state index in [2.05, 4.69) is 17.6 Å². The van der Waals surface area contributed by atoms with Crippen molar-refractivity contribution in [3.8, 4) is 11.5 Å². The number of benzene rings is 1. The summed E-state index contributed by atoms with van der Waals surface area (Å²) in [6, 6.07) is 1.95. The van der Waals surface area contributed by atoms with Crippen molar-refractivity contribution in [3.05, 3.63) is 23.5 Å². The first kappa shape index (κ1) is 26.5. The van der Waals surface area contributed by atoms with Crippen LogP contribution in [0.15, 0.2) is 12.1 Å². The molecular weight excluding hydrogens is 480 g/mol. The average Bonchev–Trinajstić information content (AvgIpc) is 3.42. The molecule has 4 atom stereocenters. The summed E-state index contributed by atoms with van der Waals surface area (Å²) in [4.78, 5) is 26.1. The second-order valence-electron chi connectivity index (χ2n) is 10.5. The van der Waals surface area contributed by atoms with Gasteiger partial charge in [0.05, 0.1) is 31.1 Å². The monoisotopic (exact) mass is 514 g/mol. The molecule has 2 amide bonds. The summed E-state index contributed by atoms with van der Waals surface area (Å²) in [5.41, 5.74) is 0.0945. The zero-order chi connectivity index (χ0) is 26.0. The lowest BCUT2D eigenvalue weighted by atomic mass is 9.83. The molecule has 2 N–H and O–H groups in total. The number of methoxy groups -OCH3 is 1. The number of alkyl halides is 3. The molecule has 0 unspecified atom stereocenters. The lowest BCUT2D eigenvalue weighted by Gasteiger charge is -2.31. The molecule has 4 rings (SSSR count). The number of amides is 2. The summed E-state index contributed by atoms with van der Waals surface area (Å²) < 4.78 is 63.4. The van der Waals surface area contributed by atoms with Crippen LogP contribution in [-0.2, 0) is 4.79 Å². The third kappa shape index (κ3) is 6.06. The maximum absolute atomic E-state index is 14.7. The van der Waals surface area contributed by atoms with E-state index in [1.165, 1.54) is 13.2 Å². The van der Waals surface area contributed by atoms with E-state index in [-0.39, 0.29) is 35.0 Å². The van der Waals surface area contributed by atoms with Gasteiger partial charge in [-0.2, -0.15) is 13.2 Å². The quantitative estimate of drug-likeness (QED) is 0.479. The fourth-order valence-corrected chi connectivity index (χ4v) is 6.05. The van der Waals surface area contributed by atoms with Gasteiger partial charge in [-0.1, -0.05) is 6.92 Å². The number of rotatable bonds is 8. The van der Waals surface area contributed by atoms with Gasteiger partial charge in [-0.25, -0.2) is 4.39 Å². The summed E-state index contributed by atoms with van der Waals surface area (Å²) in [7, 11) is 1.34. The summed E-state index contributed by atoms with van der Waals surface area (Å²) in [5, 5.41) is 5.31. The Balaban J connectivity index is 1.47.